The van der Waals surface area contributed by atoms with Crippen LogP contribution in [-0.4, -0.2) is 30.7 Å². The maximum absolute atomic E-state index is 10.1. The van der Waals surface area contributed by atoms with Crippen LogP contribution in [0, 0.1) is 17.8 Å². The van der Waals surface area contributed by atoms with Crippen LogP contribution in [0.4, 0.5) is 5.95 Å². The Hall–Kier alpha value is -1.84. The van der Waals surface area contributed by atoms with Crippen LogP contribution in [-0.2, 0) is 0 Å². The van der Waals surface area contributed by atoms with Crippen LogP contribution in [0.25, 0.3) is 11.2 Å². The van der Waals surface area contributed by atoms with Crippen molar-refractivity contribution >= 4 is 28.7 Å². The monoisotopic (exact) mass is 291 g/mol. The Morgan fingerprint density at radius 1 is 1.60 bits per heavy atom. The number of terminal acetylenes is 1. The number of hydrogen-bond acceptors (Lipinski definition) is 5. The van der Waals surface area contributed by atoms with Crippen molar-refractivity contribution in [3.8, 4) is 12.3 Å². The molecule has 3 atom stereocenters. The summed E-state index contributed by atoms with van der Waals surface area (Å²) >= 11 is 6.01. The quantitative estimate of drug-likeness (QED) is 0.612. The van der Waals surface area contributed by atoms with E-state index in [-0.39, 0.29) is 17.1 Å². The number of hydrogen-bond donors (Lipinski definition) is 2. The molecule has 104 valence electrons. The minimum absolute atomic E-state index is 0.0152. The molecule has 0 radical (unpaired) electrons. The normalized spacial score (nSPS) is 29.7. The van der Waals surface area contributed by atoms with Crippen molar-refractivity contribution in [1.82, 2.24) is 19.5 Å². The number of nitrogens with two attached hydrogens (primary N) is 1. The van der Waals surface area contributed by atoms with Crippen LogP contribution in [0.3, 0.4) is 0 Å². The number of imidazole rings is 1. The number of aliphatic hydroxyl groups excluding tert-OH is 1. The molecule has 6 nitrogen and oxygen atoms in total. The fourth-order valence-corrected chi connectivity index (χ4v) is 2.98. The van der Waals surface area contributed by atoms with Gasteiger partial charge in [-0.2, -0.15) is 9.97 Å². The number of anilines is 1. The number of rotatable bonds is 1. The topological polar surface area (TPSA) is 89.9 Å². The molecule has 2 aromatic rings. The molecule has 0 saturated heterocycles. The van der Waals surface area contributed by atoms with Gasteiger partial charge in [0.25, 0.3) is 0 Å². The minimum atomic E-state index is -0.551. The van der Waals surface area contributed by atoms with Crippen molar-refractivity contribution in [3.63, 3.8) is 0 Å². The van der Waals surface area contributed by atoms with E-state index in [2.05, 4.69) is 20.9 Å². The lowest BCUT2D eigenvalue weighted by Crippen LogP contribution is -2.23. The summed E-state index contributed by atoms with van der Waals surface area (Å²) in [6.45, 7) is 1.88. The molecule has 0 spiro atoms. The second-order valence-electron chi connectivity index (χ2n) is 5.37. The predicted octanol–water partition coefficient (Wildman–Crippen LogP) is 1.40. The molecule has 2 aromatic heterocycles. The number of fused-ring (bicyclic) bond motifs is 1. The molecule has 1 aliphatic carbocycles. The highest BCUT2D eigenvalue weighted by molar-refractivity contribution is 6.33. The Kier molecular flexibility index (Phi) is 2.85. The van der Waals surface area contributed by atoms with Crippen molar-refractivity contribution in [1.29, 1.82) is 0 Å². The lowest BCUT2D eigenvalue weighted by Gasteiger charge is -2.20. The Bertz CT molecular complexity index is 721. The first-order valence-electron chi connectivity index (χ1n) is 6.26. The van der Waals surface area contributed by atoms with E-state index < -0.39 is 11.5 Å². The van der Waals surface area contributed by atoms with Gasteiger partial charge in [0.2, 0.25) is 5.95 Å². The lowest BCUT2D eigenvalue weighted by molar-refractivity contribution is 0.104. The summed E-state index contributed by atoms with van der Waals surface area (Å²) in [6.07, 6.45) is 7.82. The Morgan fingerprint density at radius 2 is 2.35 bits per heavy atom. The van der Waals surface area contributed by atoms with E-state index in [4.69, 9.17) is 23.8 Å². The highest BCUT2D eigenvalue weighted by atomic mass is 35.5. The van der Waals surface area contributed by atoms with Gasteiger partial charge in [-0.15, -0.1) is 6.42 Å². The molecular weight excluding hydrogens is 278 g/mol. The van der Waals surface area contributed by atoms with Crippen molar-refractivity contribution in [2.75, 3.05) is 5.73 Å². The summed E-state index contributed by atoms with van der Waals surface area (Å²) in [5, 5.41) is 10.4. The summed E-state index contributed by atoms with van der Waals surface area (Å²) in [6, 6.07) is 0.0152. The van der Waals surface area contributed by atoms with Crippen molar-refractivity contribution in [2.24, 2.45) is 5.41 Å². The zero-order valence-corrected chi connectivity index (χ0v) is 11.7. The van der Waals surface area contributed by atoms with Gasteiger partial charge < -0.3 is 15.4 Å². The number of nitrogen functional groups attached to an aromatic ring is 1. The molecule has 1 fully saturated rings. The van der Waals surface area contributed by atoms with E-state index in [1.54, 1.807) is 6.33 Å². The molecule has 3 N–H and O–H groups in total. The van der Waals surface area contributed by atoms with Crippen molar-refractivity contribution in [2.45, 2.75) is 31.9 Å². The zero-order chi connectivity index (χ0) is 14.5. The molecule has 3 rings (SSSR count). The van der Waals surface area contributed by atoms with E-state index in [0.717, 1.165) is 0 Å². The minimum Gasteiger partial charge on any atom is -0.391 e. The van der Waals surface area contributed by atoms with Crippen LogP contribution >= 0.6 is 11.6 Å². The second kappa shape index (κ2) is 4.33. The van der Waals surface area contributed by atoms with Gasteiger partial charge in [0.1, 0.15) is 5.52 Å². The summed E-state index contributed by atoms with van der Waals surface area (Å²) < 4.78 is 1.87. The van der Waals surface area contributed by atoms with Gasteiger partial charge in [0, 0.05) is 6.04 Å². The van der Waals surface area contributed by atoms with Crippen LogP contribution in [0.2, 0.25) is 5.15 Å². The summed E-state index contributed by atoms with van der Waals surface area (Å²) in [4.78, 5) is 12.3. The summed E-state index contributed by atoms with van der Waals surface area (Å²) in [5.41, 5.74) is 6.17. The first-order valence-corrected chi connectivity index (χ1v) is 6.64. The summed E-state index contributed by atoms with van der Waals surface area (Å²) in [7, 11) is 0. The van der Waals surface area contributed by atoms with Gasteiger partial charge in [-0.05, 0) is 19.8 Å². The van der Waals surface area contributed by atoms with E-state index >= 15 is 0 Å². The first kappa shape index (κ1) is 13.2. The lowest BCUT2D eigenvalue weighted by atomic mass is 9.88. The second-order valence-corrected chi connectivity index (χ2v) is 5.73. The average Bonchev–Trinajstić information content (AvgIpc) is 2.92. The smallest absolute Gasteiger partial charge is 0.223 e. The molecule has 2 heterocycles. The van der Waals surface area contributed by atoms with E-state index in [1.807, 2.05) is 11.5 Å². The maximum Gasteiger partial charge on any atom is 0.223 e. The molecular formula is C13H14ClN5O. The van der Waals surface area contributed by atoms with Crippen LogP contribution in [0.1, 0.15) is 25.8 Å². The fraction of sp³-hybridized carbons (Fsp3) is 0.462. The molecule has 0 bridgehead atoms. The van der Waals surface area contributed by atoms with E-state index in [1.165, 1.54) is 0 Å². The van der Waals surface area contributed by atoms with Crippen LogP contribution < -0.4 is 5.73 Å². The molecule has 1 aliphatic rings. The zero-order valence-electron chi connectivity index (χ0n) is 10.9. The van der Waals surface area contributed by atoms with Gasteiger partial charge in [0.05, 0.1) is 17.8 Å². The van der Waals surface area contributed by atoms with Gasteiger partial charge in [0.15, 0.2) is 10.8 Å². The van der Waals surface area contributed by atoms with Gasteiger partial charge in [-0.1, -0.05) is 17.5 Å². The number of aliphatic hydroxyl groups is 1. The van der Waals surface area contributed by atoms with Gasteiger partial charge in [-0.25, -0.2) is 4.98 Å². The highest BCUT2D eigenvalue weighted by Crippen LogP contribution is 2.44. The molecule has 0 amide bonds. The average molecular weight is 292 g/mol. The standard InChI is InChI=1S/C13H14ClN5O/c1-3-13(2)5-7(4-8(13)20)19-6-16-9-10(14)17-12(15)18-11(9)19/h1,6-8,20H,4-5H2,2H3,(H2,15,17,18)/t7-,8-,13+/m0/s1. The van der Waals surface area contributed by atoms with Crippen LogP contribution in [0.5, 0.6) is 0 Å². The molecule has 1 saturated carbocycles. The third kappa shape index (κ3) is 1.82. The molecule has 0 unspecified atom stereocenters. The Labute approximate surface area is 121 Å². The van der Waals surface area contributed by atoms with E-state index in [9.17, 15) is 5.11 Å². The van der Waals surface area contributed by atoms with Crippen molar-refractivity contribution < 1.29 is 5.11 Å². The number of nitrogens with zero attached hydrogens (tertiary/aromatic N) is 4. The molecule has 7 heteroatoms. The van der Waals surface area contributed by atoms with Crippen molar-refractivity contribution in [3.05, 3.63) is 11.5 Å². The molecule has 0 aromatic carbocycles. The van der Waals surface area contributed by atoms with Gasteiger partial charge >= 0.3 is 0 Å². The largest absolute Gasteiger partial charge is 0.391 e. The van der Waals surface area contributed by atoms with E-state index in [0.29, 0.717) is 24.0 Å². The third-order valence-corrected chi connectivity index (χ3v) is 4.27. The third-order valence-electron chi connectivity index (χ3n) is 4.01. The number of aromatic nitrogens is 4. The fourth-order valence-electron chi connectivity index (χ4n) is 2.76. The maximum atomic E-state index is 10.1. The highest BCUT2D eigenvalue weighted by Gasteiger charge is 2.43. The van der Waals surface area contributed by atoms with Crippen LogP contribution in [0.15, 0.2) is 6.33 Å². The molecule has 0 aliphatic heterocycles. The predicted molar refractivity (Wildman–Crippen MR) is 76.0 cm³/mol. The summed E-state index contributed by atoms with van der Waals surface area (Å²) in [5.74, 6) is 2.79. The van der Waals surface area contributed by atoms with Gasteiger partial charge in [-0.3, -0.25) is 0 Å². The Morgan fingerprint density at radius 3 is 3.00 bits per heavy atom. The SMILES string of the molecule is C#C[C@]1(C)C[C@@H](n2cnc3c(Cl)nc(N)nc32)C[C@@H]1O. The Balaban J connectivity index is 2.07. The first-order chi connectivity index (χ1) is 9.44. The molecule has 20 heavy (non-hydrogen) atoms. The number of halogens is 1.